The van der Waals surface area contributed by atoms with Crippen molar-refractivity contribution in [1.82, 2.24) is 25.9 Å². The maximum absolute atomic E-state index is 12.2. The number of rotatable bonds is 7. The number of carbonyl (C=O) groups excluding carboxylic acids is 2. The molecule has 0 saturated heterocycles. The first-order chi connectivity index (χ1) is 10.3. The van der Waals surface area contributed by atoms with Gasteiger partial charge in [0.15, 0.2) is 0 Å². The van der Waals surface area contributed by atoms with Gasteiger partial charge in [0.25, 0.3) is 5.95 Å². The second-order valence-electron chi connectivity index (χ2n) is 5.71. The van der Waals surface area contributed by atoms with Crippen molar-refractivity contribution in [3.63, 3.8) is 0 Å². The molecule has 0 unspecified atom stereocenters. The third kappa shape index (κ3) is 6.97. The molecule has 0 aliphatic heterocycles. The van der Waals surface area contributed by atoms with Crippen LogP contribution in [0.2, 0.25) is 0 Å². The molecule has 22 heavy (non-hydrogen) atoms. The van der Waals surface area contributed by atoms with Crippen molar-refractivity contribution < 1.29 is 14.3 Å². The number of nitrogens with two attached hydrogens (primary N) is 1. The minimum absolute atomic E-state index is 0.0415. The van der Waals surface area contributed by atoms with E-state index in [1.54, 1.807) is 20.8 Å². The summed E-state index contributed by atoms with van der Waals surface area (Å²) in [5.41, 5.74) is 4.80. The molecule has 1 aromatic rings. The van der Waals surface area contributed by atoms with Crippen molar-refractivity contribution in [3.8, 4) is 0 Å². The number of aromatic nitrogens is 4. The lowest BCUT2D eigenvalue weighted by Gasteiger charge is -2.23. The molecular weight excluding hydrogens is 290 g/mol. The molecule has 0 radical (unpaired) electrons. The number of amides is 2. The van der Waals surface area contributed by atoms with Gasteiger partial charge in [-0.05, 0) is 51.8 Å². The highest BCUT2D eigenvalue weighted by molar-refractivity contribution is 5.95. The molecule has 0 spiro atoms. The van der Waals surface area contributed by atoms with E-state index < -0.39 is 23.6 Å². The van der Waals surface area contributed by atoms with Crippen LogP contribution < -0.4 is 16.4 Å². The Balaban J connectivity index is 2.61. The quantitative estimate of drug-likeness (QED) is 0.524. The fraction of sp³-hybridized carbons (Fsp3) is 0.750. The van der Waals surface area contributed by atoms with Crippen LogP contribution in [0.5, 0.6) is 0 Å². The number of hydrogen-bond acceptors (Lipinski definition) is 7. The van der Waals surface area contributed by atoms with Crippen LogP contribution in [0.25, 0.3) is 0 Å². The Morgan fingerprint density at radius 1 is 1.36 bits per heavy atom. The van der Waals surface area contributed by atoms with E-state index in [1.165, 1.54) is 0 Å². The fourth-order valence-electron chi connectivity index (χ4n) is 1.62. The molecule has 1 aromatic heterocycles. The Labute approximate surface area is 128 Å². The largest absolute Gasteiger partial charge is 0.444 e. The summed E-state index contributed by atoms with van der Waals surface area (Å²) in [6.07, 6.45) is 1.21. The van der Waals surface area contributed by atoms with Gasteiger partial charge in [0.05, 0.1) is 0 Å². The Morgan fingerprint density at radius 2 is 2.09 bits per heavy atom. The predicted octanol–water partition coefficient (Wildman–Crippen LogP) is 0.161. The molecule has 1 rings (SSSR count). The first-order valence-electron chi connectivity index (χ1n) is 7.05. The number of aromatic amines is 1. The number of tetrazole rings is 1. The van der Waals surface area contributed by atoms with Gasteiger partial charge in [-0.1, -0.05) is 5.10 Å². The molecule has 0 fully saturated rings. The number of carbonyl (C=O) groups is 2. The normalized spacial score (nSPS) is 12.5. The van der Waals surface area contributed by atoms with Crippen LogP contribution in [0, 0.1) is 0 Å². The Bertz CT molecular complexity index is 470. The molecule has 0 bridgehead atoms. The molecule has 124 valence electrons. The minimum Gasteiger partial charge on any atom is -0.444 e. The van der Waals surface area contributed by atoms with Crippen LogP contribution >= 0.6 is 0 Å². The van der Waals surface area contributed by atoms with E-state index >= 15 is 0 Å². The minimum atomic E-state index is -0.764. The zero-order valence-corrected chi connectivity index (χ0v) is 13.0. The van der Waals surface area contributed by atoms with E-state index in [1.807, 2.05) is 0 Å². The van der Waals surface area contributed by atoms with Gasteiger partial charge in [-0.2, -0.15) is 5.21 Å². The van der Waals surface area contributed by atoms with Gasteiger partial charge in [0, 0.05) is 0 Å². The van der Waals surface area contributed by atoms with Crippen LogP contribution in [0.15, 0.2) is 0 Å². The molecule has 1 atom stereocenters. The van der Waals surface area contributed by atoms with Crippen LogP contribution in [-0.4, -0.2) is 50.8 Å². The number of hydrogen-bond donors (Lipinski definition) is 4. The summed E-state index contributed by atoms with van der Waals surface area (Å²) in [6, 6.07) is -0.764. The first kappa shape index (κ1) is 17.8. The SMILES string of the molecule is CC(C)(C)OC(=O)N[C@@H](CCCCN)C(=O)Nc1nn[nH]n1. The molecule has 0 aliphatic carbocycles. The maximum atomic E-state index is 12.2. The fourth-order valence-corrected chi connectivity index (χ4v) is 1.62. The van der Waals surface area contributed by atoms with E-state index in [0.717, 1.165) is 6.42 Å². The summed E-state index contributed by atoms with van der Waals surface area (Å²) in [6.45, 7) is 5.76. The number of alkyl carbamates (subject to hydrolysis) is 1. The third-order valence-electron chi connectivity index (χ3n) is 2.53. The average molecular weight is 313 g/mol. The summed E-state index contributed by atoms with van der Waals surface area (Å²) in [7, 11) is 0. The van der Waals surface area contributed by atoms with E-state index in [4.69, 9.17) is 10.5 Å². The lowest BCUT2D eigenvalue weighted by Crippen LogP contribution is -2.46. The molecular formula is C12H23N7O3. The number of nitrogens with zero attached hydrogens (tertiary/aromatic N) is 3. The summed E-state index contributed by atoms with van der Waals surface area (Å²) in [5, 5.41) is 17.8. The highest BCUT2D eigenvalue weighted by Gasteiger charge is 2.24. The standard InChI is InChI=1S/C12H23N7O3/c1-12(2,3)22-11(21)14-8(6-4-5-7-13)9(20)15-10-16-18-19-17-10/h8H,4-7,13H2,1-3H3,(H,14,21)(H2,15,16,17,18,19,20)/t8-/m0/s1. The average Bonchev–Trinajstić information content (AvgIpc) is 2.88. The highest BCUT2D eigenvalue weighted by atomic mass is 16.6. The summed E-state index contributed by atoms with van der Waals surface area (Å²) in [5.74, 6) is -0.399. The topological polar surface area (TPSA) is 148 Å². The van der Waals surface area contributed by atoms with E-state index in [-0.39, 0.29) is 5.95 Å². The van der Waals surface area contributed by atoms with Gasteiger partial charge < -0.3 is 15.8 Å². The first-order valence-corrected chi connectivity index (χ1v) is 7.05. The monoisotopic (exact) mass is 313 g/mol. The molecule has 2 amide bonds. The molecule has 10 heteroatoms. The van der Waals surface area contributed by atoms with Crippen molar-refractivity contribution in [3.05, 3.63) is 0 Å². The number of H-pyrrole nitrogens is 1. The number of nitrogens with one attached hydrogen (secondary N) is 3. The van der Waals surface area contributed by atoms with Gasteiger partial charge in [0.1, 0.15) is 11.6 Å². The van der Waals surface area contributed by atoms with Crippen molar-refractivity contribution in [2.75, 3.05) is 11.9 Å². The maximum Gasteiger partial charge on any atom is 0.408 e. The summed E-state index contributed by atoms with van der Waals surface area (Å²) < 4.78 is 5.16. The lowest BCUT2D eigenvalue weighted by atomic mass is 10.1. The Hall–Kier alpha value is -2.23. The van der Waals surface area contributed by atoms with Gasteiger partial charge >= 0.3 is 6.09 Å². The second-order valence-corrected chi connectivity index (χ2v) is 5.71. The lowest BCUT2D eigenvalue weighted by molar-refractivity contribution is -0.118. The summed E-state index contributed by atoms with van der Waals surface area (Å²) in [4.78, 5) is 24.0. The summed E-state index contributed by atoms with van der Waals surface area (Å²) >= 11 is 0. The van der Waals surface area contributed by atoms with E-state index in [0.29, 0.717) is 19.4 Å². The predicted molar refractivity (Wildman–Crippen MR) is 78.9 cm³/mol. The van der Waals surface area contributed by atoms with Crippen molar-refractivity contribution in [1.29, 1.82) is 0 Å². The van der Waals surface area contributed by atoms with Gasteiger partial charge in [-0.15, -0.1) is 5.10 Å². The van der Waals surface area contributed by atoms with Crippen molar-refractivity contribution in [2.24, 2.45) is 5.73 Å². The van der Waals surface area contributed by atoms with Gasteiger partial charge in [-0.3, -0.25) is 10.1 Å². The van der Waals surface area contributed by atoms with E-state index in [2.05, 4.69) is 31.3 Å². The molecule has 5 N–H and O–H groups in total. The van der Waals surface area contributed by atoms with Crippen molar-refractivity contribution >= 4 is 17.9 Å². The van der Waals surface area contributed by atoms with Crippen molar-refractivity contribution in [2.45, 2.75) is 51.7 Å². The second kappa shape index (κ2) is 8.27. The van der Waals surface area contributed by atoms with Gasteiger partial charge in [-0.25, -0.2) is 4.79 Å². The van der Waals surface area contributed by atoms with Crippen LogP contribution in [0.1, 0.15) is 40.0 Å². The Kier molecular flexibility index (Phi) is 6.70. The zero-order chi connectivity index (χ0) is 16.6. The highest BCUT2D eigenvalue weighted by Crippen LogP contribution is 2.09. The van der Waals surface area contributed by atoms with E-state index in [9.17, 15) is 9.59 Å². The molecule has 0 saturated carbocycles. The molecule has 1 heterocycles. The van der Waals surface area contributed by atoms with Crippen LogP contribution in [-0.2, 0) is 9.53 Å². The number of ether oxygens (including phenoxy) is 1. The number of anilines is 1. The smallest absolute Gasteiger partial charge is 0.408 e. The molecule has 0 aliphatic rings. The van der Waals surface area contributed by atoms with Gasteiger partial charge in [0.2, 0.25) is 5.91 Å². The molecule has 0 aromatic carbocycles. The zero-order valence-electron chi connectivity index (χ0n) is 13.0. The number of unbranched alkanes of at least 4 members (excludes halogenated alkanes) is 1. The molecule has 10 nitrogen and oxygen atoms in total. The Morgan fingerprint density at radius 3 is 2.64 bits per heavy atom. The van der Waals surface area contributed by atoms with Crippen LogP contribution in [0.3, 0.4) is 0 Å². The van der Waals surface area contributed by atoms with Crippen LogP contribution in [0.4, 0.5) is 10.7 Å². The third-order valence-corrected chi connectivity index (χ3v) is 2.53.